The van der Waals surface area contributed by atoms with Crippen LogP contribution in [0.15, 0.2) is 29.2 Å². The van der Waals surface area contributed by atoms with Crippen molar-refractivity contribution in [2.24, 2.45) is 0 Å². The SMILES string of the molecule is COc1ccc(SCC(=O)NC(=O)NCC(F)(F)F)cc1. The van der Waals surface area contributed by atoms with Gasteiger partial charge in [-0.05, 0) is 24.3 Å². The summed E-state index contributed by atoms with van der Waals surface area (Å²) in [5.74, 6) is -0.114. The Morgan fingerprint density at radius 3 is 2.38 bits per heavy atom. The summed E-state index contributed by atoms with van der Waals surface area (Å²) in [6.07, 6.45) is -4.52. The van der Waals surface area contributed by atoms with Crippen molar-refractivity contribution in [2.45, 2.75) is 11.1 Å². The van der Waals surface area contributed by atoms with E-state index in [-0.39, 0.29) is 5.75 Å². The first kappa shape index (κ1) is 17.2. The number of alkyl halides is 3. The van der Waals surface area contributed by atoms with Crippen molar-refractivity contribution in [3.05, 3.63) is 24.3 Å². The van der Waals surface area contributed by atoms with Crippen LogP contribution in [-0.2, 0) is 4.79 Å². The van der Waals surface area contributed by atoms with Crippen LogP contribution < -0.4 is 15.4 Å². The summed E-state index contributed by atoms with van der Waals surface area (Å²) in [6, 6.07) is 5.68. The number of carbonyl (C=O) groups excluding carboxylic acids is 2. The van der Waals surface area contributed by atoms with Crippen molar-refractivity contribution >= 4 is 23.7 Å². The largest absolute Gasteiger partial charge is 0.497 e. The van der Waals surface area contributed by atoms with Crippen LogP contribution in [0.2, 0.25) is 0 Å². The minimum atomic E-state index is -4.52. The molecule has 0 saturated heterocycles. The smallest absolute Gasteiger partial charge is 0.405 e. The molecule has 0 spiro atoms. The number of thioether (sulfide) groups is 1. The van der Waals surface area contributed by atoms with E-state index in [0.29, 0.717) is 5.75 Å². The number of ether oxygens (including phenoxy) is 1. The van der Waals surface area contributed by atoms with E-state index in [1.54, 1.807) is 29.6 Å². The number of rotatable bonds is 5. The van der Waals surface area contributed by atoms with Gasteiger partial charge in [0.25, 0.3) is 0 Å². The molecule has 0 heterocycles. The molecule has 0 aliphatic heterocycles. The highest BCUT2D eigenvalue weighted by atomic mass is 32.2. The fourth-order valence-electron chi connectivity index (χ4n) is 1.21. The minimum absolute atomic E-state index is 0.0915. The van der Waals surface area contributed by atoms with E-state index in [9.17, 15) is 22.8 Å². The van der Waals surface area contributed by atoms with Crippen molar-refractivity contribution in [2.75, 3.05) is 19.4 Å². The number of halogens is 3. The standard InChI is InChI=1S/C12H13F3N2O3S/c1-20-8-2-4-9(5-3-8)21-6-10(18)17-11(19)16-7-12(13,14)15/h2-5H,6-7H2,1H3,(H2,16,17,18,19). The number of urea groups is 1. The zero-order valence-corrected chi connectivity index (χ0v) is 11.8. The third-order valence-corrected chi connectivity index (χ3v) is 3.14. The summed E-state index contributed by atoms with van der Waals surface area (Å²) < 4.78 is 40.5. The number of benzene rings is 1. The normalized spacial score (nSPS) is 10.9. The number of nitrogens with one attached hydrogen (secondary N) is 2. The fraction of sp³-hybridized carbons (Fsp3) is 0.333. The highest BCUT2D eigenvalue weighted by Crippen LogP contribution is 2.20. The van der Waals surface area contributed by atoms with Crippen molar-refractivity contribution in [3.63, 3.8) is 0 Å². The molecular formula is C12H13F3N2O3S. The van der Waals surface area contributed by atoms with Gasteiger partial charge in [0, 0.05) is 4.90 Å². The second kappa shape index (κ2) is 7.77. The lowest BCUT2D eigenvalue weighted by Gasteiger charge is -2.09. The Hall–Kier alpha value is -1.90. The predicted molar refractivity (Wildman–Crippen MR) is 71.3 cm³/mol. The molecule has 0 radical (unpaired) electrons. The fourth-order valence-corrected chi connectivity index (χ4v) is 1.91. The molecular weight excluding hydrogens is 309 g/mol. The van der Waals surface area contributed by atoms with E-state index in [4.69, 9.17) is 4.74 Å². The van der Waals surface area contributed by atoms with Gasteiger partial charge in [0.05, 0.1) is 12.9 Å². The third kappa shape index (κ3) is 7.45. The molecule has 5 nitrogen and oxygen atoms in total. The van der Waals surface area contributed by atoms with Gasteiger partial charge in [0.1, 0.15) is 12.3 Å². The summed E-state index contributed by atoms with van der Waals surface area (Å²) in [4.78, 5) is 23.2. The highest BCUT2D eigenvalue weighted by Gasteiger charge is 2.27. The van der Waals surface area contributed by atoms with E-state index < -0.39 is 24.7 Å². The maximum atomic E-state index is 11.8. The van der Waals surface area contributed by atoms with Crippen LogP contribution in [0.5, 0.6) is 5.75 Å². The predicted octanol–water partition coefficient (Wildman–Crippen LogP) is 2.18. The number of hydrogen-bond acceptors (Lipinski definition) is 4. The van der Waals surface area contributed by atoms with Crippen molar-refractivity contribution in [1.82, 2.24) is 10.6 Å². The average molecular weight is 322 g/mol. The quantitative estimate of drug-likeness (QED) is 0.816. The van der Waals surface area contributed by atoms with Crippen molar-refractivity contribution < 1.29 is 27.5 Å². The van der Waals surface area contributed by atoms with Crippen LogP contribution in [0.4, 0.5) is 18.0 Å². The van der Waals surface area contributed by atoms with Crippen LogP contribution in [0.3, 0.4) is 0 Å². The van der Waals surface area contributed by atoms with Gasteiger partial charge in [0.2, 0.25) is 5.91 Å². The van der Waals surface area contributed by atoms with Gasteiger partial charge in [-0.2, -0.15) is 13.2 Å². The molecule has 1 aromatic rings. The van der Waals surface area contributed by atoms with Crippen LogP contribution in [0.1, 0.15) is 0 Å². The minimum Gasteiger partial charge on any atom is -0.497 e. The van der Waals surface area contributed by atoms with Gasteiger partial charge in [-0.1, -0.05) is 0 Å². The maximum Gasteiger partial charge on any atom is 0.405 e. The van der Waals surface area contributed by atoms with E-state index >= 15 is 0 Å². The molecule has 1 rings (SSSR count). The van der Waals surface area contributed by atoms with E-state index in [0.717, 1.165) is 16.7 Å². The molecule has 1 aromatic carbocycles. The monoisotopic (exact) mass is 322 g/mol. The molecule has 0 saturated carbocycles. The Morgan fingerprint density at radius 2 is 1.86 bits per heavy atom. The van der Waals surface area contributed by atoms with Crippen molar-refractivity contribution in [1.29, 1.82) is 0 Å². The van der Waals surface area contributed by atoms with E-state index in [1.807, 2.05) is 5.32 Å². The Labute approximate surface area is 123 Å². The molecule has 2 N–H and O–H groups in total. The van der Waals surface area contributed by atoms with Crippen molar-refractivity contribution in [3.8, 4) is 5.75 Å². The summed E-state index contributed by atoms with van der Waals surface area (Å²) in [6.45, 7) is -1.49. The summed E-state index contributed by atoms with van der Waals surface area (Å²) in [5, 5.41) is 3.36. The van der Waals surface area contributed by atoms with Gasteiger partial charge in [-0.3, -0.25) is 10.1 Å². The molecule has 3 amide bonds. The summed E-state index contributed by atoms with van der Waals surface area (Å²) in [7, 11) is 1.52. The lowest BCUT2D eigenvalue weighted by atomic mass is 10.3. The summed E-state index contributed by atoms with van der Waals surface area (Å²) >= 11 is 1.14. The first-order chi connectivity index (χ1) is 9.80. The molecule has 0 atom stereocenters. The van der Waals surface area contributed by atoms with Gasteiger partial charge >= 0.3 is 12.2 Å². The topological polar surface area (TPSA) is 67.4 Å². The zero-order chi connectivity index (χ0) is 15.9. The number of hydrogen-bond donors (Lipinski definition) is 2. The number of amides is 3. The average Bonchev–Trinajstić information content (AvgIpc) is 2.43. The van der Waals surface area contributed by atoms with Crippen LogP contribution in [-0.4, -0.2) is 37.5 Å². The van der Waals surface area contributed by atoms with E-state index in [1.165, 1.54) is 7.11 Å². The molecule has 0 aliphatic rings. The second-order valence-electron chi connectivity index (χ2n) is 3.81. The van der Waals surface area contributed by atoms with Crippen LogP contribution >= 0.6 is 11.8 Å². The second-order valence-corrected chi connectivity index (χ2v) is 4.86. The zero-order valence-electron chi connectivity index (χ0n) is 11.0. The van der Waals surface area contributed by atoms with Gasteiger partial charge in [0.15, 0.2) is 0 Å². The van der Waals surface area contributed by atoms with Gasteiger partial charge in [-0.15, -0.1) is 11.8 Å². The molecule has 9 heteroatoms. The Bertz CT molecular complexity index is 492. The lowest BCUT2D eigenvalue weighted by molar-refractivity contribution is -0.124. The van der Waals surface area contributed by atoms with Gasteiger partial charge < -0.3 is 10.1 Å². The van der Waals surface area contributed by atoms with Crippen LogP contribution in [0, 0.1) is 0 Å². The summed E-state index contributed by atoms with van der Waals surface area (Å²) in [5.41, 5.74) is 0. The highest BCUT2D eigenvalue weighted by molar-refractivity contribution is 8.00. The van der Waals surface area contributed by atoms with Gasteiger partial charge in [-0.25, -0.2) is 4.79 Å². The molecule has 0 aromatic heterocycles. The molecule has 21 heavy (non-hydrogen) atoms. The molecule has 0 bridgehead atoms. The molecule has 0 unspecified atom stereocenters. The Kier molecular flexibility index (Phi) is 6.35. The number of imide groups is 1. The first-order valence-corrected chi connectivity index (χ1v) is 6.70. The molecule has 116 valence electrons. The Balaban J connectivity index is 2.31. The first-order valence-electron chi connectivity index (χ1n) is 5.71. The lowest BCUT2D eigenvalue weighted by Crippen LogP contribution is -2.43. The molecule has 0 aliphatic carbocycles. The molecule has 0 fully saturated rings. The number of carbonyl (C=O) groups is 2. The number of methoxy groups -OCH3 is 1. The maximum absolute atomic E-state index is 11.8. The van der Waals surface area contributed by atoms with E-state index in [2.05, 4.69) is 0 Å². The third-order valence-electron chi connectivity index (χ3n) is 2.13. The van der Waals surface area contributed by atoms with Crippen LogP contribution in [0.25, 0.3) is 0 Å². The Morgan fingerprint density at radius 1 is 1.24 bits per heavy atom.